The molecule has 0 saturated carbocycles. The van der Waals surface area contributed by atoms with Crippen molar-refractivity contribution in [1.82, 2.24) is 20.0 Å². The Hall–Kier alpha value is -2.39. The SMILES string of the molecule is CC[C@H](C)[C@@H]([C@@H](CC(=O)N1CC(=O)C[C@H]1[C@H](OC)[C@@H](C)C(=O)N1CCC[C@H]1B(O)O)OC)N(C)C(=O)[C@@H](CC(=O)[C@@H](NC)C(C)C)C(C)C. The van der Waals surface area contributed by atoms with Gasteiger partial charge in [-0.2, -0.15) is 0 Å². The minimum Gasteiger partial charge on any atom is -0.426 e. The number of amides is 3. The third-order valence-electron chi connectivity index (χ3n) is 10.9. The molecule has 0 aromatic carbocycles. The Bertz CT molecular complexity index is 1140. The van der Waals surface area contributed by atoms with E-state index in [1.54, 1.807) is 25.9 Å². The molecule has 9 atom stereocenters. The first-order valence-corrected chi connectivity index (χ1v) is 18.0. The van der Waals surface area contributed by atoms with E-state index in [-0.39, 0.29) is 78.9 Å². The summed E-state index contributed by atoms with van der Waals surface area (Å²) in [6, 6.07) is -1.57. The predicted octanol–water partition coefficient (Wildman–Crippen LogP) is 1.56. The van der Waals surface area contributed by atoms with E-state index >= 15 is 0 Å². The zero-order chi connectivity index (χ0) is 37.3. The van der Waals surface area contributed by atoms with Crippen molar-refractivity contribution in [2.24, 2.45) is 29.6 Å². The van der Waals surface area contributed by atoms with Crippen molar-refractivity contribution in [3.05, 3.63) is 0 Å². The fourth-order valence-corrected chi connectivity index (χ4v) is 7.85. The van der Waals surface area contributed by atoms with Gasteiger partial charge in [0.05, 0.1) is 55.2 Å². The van der Waals surface area contributed by atoms with Crippen LogP contribution in [0.2, 0.25) is 0 Å². The maximum atomic E-state index is 14.1. The largest absolute Gasteiger partial charge is 0.475 e. The molecular formula is C35H63BN4O9. The highest BCUT2D eigenvalue weighted by Crippen LogP contribution is 2.31. The van der Waals surface area contributed by atoms with E-state index < -0.39 is 49.2 Å². The fraction of sp³-hybridized carbons (Fsp3) is 0.857. The highest BCUT2D eigenvalue weighted by atomic mass is 16.5. The summed E-state index contributed by atoms with van der Waals surface area (Å²) in [5, 5.41) is 22.7. The van der Waals surface area contributed by atoms with Gasteiger partial charge in [0.2, 0.25) is 17.7 Å². The lowest BCUT2D eigenvalue weighted by molar-refractivity contribution is -0.150. The number of nitrogens with zero attached hydrogens (tertiary/aromatic N) is 3. The Labute approximate surface area is 293 Å². The normalized spacial score (nSPS) is 22.6. The molecule has 0 aromatic rings. The molecule has 2 saturated heterocycles. The molecule has 2 heterocycles. The van der Waals surface area contributed by atoms with E-state index in [1.807, 2.05) is 41.5 Å². The van der Waals surface area contributed by atoms with Gasteiger partial charge < -0.3 is 39.5 Å². The number of hydrogen-bond acceptors (Lipinski definition) is 10. The Morgan fingerprint density at radius 2 is 1.63 bits per heavy atom. The summed E-state index contributed by atoms with van der Waals surface area (Å²) < 4.78 is 11.7. The lowest BCUT2D eigenvalue weighted by Crippen LogP contribution is -2.55. The molecule has 280 valence electrons. The topological polar surface area (TPSA) is 166 Å². The molecule has 2 aliphatic rings. The summed E-state index contributed by atoms with van der Waals surface area (Å²) in [6.07, 6.45) is 0.282. The lowest BCUT2D eigenvalue weighted by atomic mass is 9.77. The van der Waals surface area contributed by atoms with Crippen LogP contribution in [-0.4, -0.2) is 139 Å². The van der Waals surface area contributed by atoms with Crippen molar-refractivity contribution < 1.29 is 43.5 Å². The number of carbonyl (C=O) groups excluding carboxylic acids is 5. The van der Waals surface area contributed by atoms with E-state index in [4.69, 9.17) is 9.47 Å². The van der Waals surface area contributed by atoms with E-state index in [0.29, 0.717) is 25.8 Å². The van der Waals surface area contributed by atoms with Gasteiger partial charge in [-0.3, -0.25) is 24.0 Å². The summed E-state index contributed by atoms with van der Waals surface area (Å²) in [5.74, 6) is -3.18. The van der Waals surface area contributed by atoms with Crippen molar-refractivity contribution in [1.29, 1.82) is 0 Å². The molecule has 3 amide bonds. The number of methoxy groups -OCH3 is 2. The van der Waals surface area contributed by atoms with Gasteiger partial charge in [-0.1, -0.05) is 54.9 Å². The molecule has 0 spiro atoms. The zero-order valence-corrected chi connectivity index (χ0v) is 31.7. The van der Waals surface area contributed by atoms with Crippen molar-refractivity contribution in [3.8, 4) is 0 Å². The van der Waals surface area contributed by atoms with Crippen molar-refractivity contribution in [2.45, 2.75) is 123 Å². The molecule has 3 N–H and O–H groups in total. The standard InChI is InChI=1S/C35H63BN4O9/c1-12-22(6)32(38(9)35(45)25(20(2)3)17-27(42)31(37-8)21(4)5)28(48-10)18-30(43)40-19-24(41)16-26(40)33(49-11)23(7)34(44)39-15-13-14-29(39)36(46)47/h20-23,25-26,28-29,31-33,37,46-47H,12-19H2,1-11H3/t22-,23+,25-,26-,28+,29-,31-,32-,33+/m0/s1. The van der Waals surface area contributed by atoms with E-state index in [9.17, 15) is 34.0 Å². The number of rotatable bonds is 19. The van der Waals surface area contributed by atoms with E-state index in [2.05, 4.69) is 5.32 Å². The highest BCUT2D eigenvalue weighted by molar-refractivity contribution is 6.43. The minimum atomic E-state index is -1.66. The maximum Gasteiger partial charge on any atom is 0.475 e. The van der Waals surface area contributed by atoms with Crippen LogP contribution >= 0.6 is 0 Å². The van der Waals surface area contributed by atoms with Crippen LogP contribution in [0, 0.1) is 29.6 Å². The molecule has 0 aliphatic carbocycles. The highest BCUT2D eigenvalue weighted by Gasteiger charge is 2.47. The number of nitrogens with one attached hydrogen (secondary N) is 1. The number of carbonyl (C=O) groups is 5. The summed E-state index contributed by atoms with van der Waals surface area (Å²) in [6.45, 7) is 13.7. The first-order chi connectivity index (χ1) is 23.0. The molecule has 0 unspecified atom stereocenters. The summed E-state index contributed by atoms with van der Waals surface area (Å²) in [4.78, 5) is 72.4. The van der Waals surface area contributed by atoms with Gasteiger partial charge in [0, 0.05) is 46.6 Å². The molecule has 0 aromatic heterocycles. The van der Waals surface area contributed by atoms with Crippen LogP contribution in [-0.2, 0) is 33.4 Å². The molecule has 13 nitrogen and oxygen atoms in total. The third-order valence-corrected chi connectivity index (χ3v) is 10.9. The van der Waals surface area contributed by atoms with E-state index in [0.717, 1.165) is 0 Å². The molecule has 2 rings (SSSR count). The monoisotopic (exact) mass is 694 g/mol. The average Bonchev–Trinajstić information content (AvgIpc) is 3.70. The fourth-order valence-electron chi connectivity index (χ4n) is 7.85. The second-order valence-electron chi connectivity index (χ2n) is 14.8. The van der Waals surface area contributed by atoms with Crippen LogP contribution in [0.4, 0.5) is 0 Å². The maximum absolute atomic E-state index is 14.1. The number of hydrogen-bond donors (Lipinski definition) is 3. The quantitative estimate of drug-likeness (QED) is 0.169. The number of ketones is 2. The summed E-state index contributed by atoms with van der Waals surface area (Å²) in [5.41, 5.74) is 0. The number of likely N-dealkylation sites (tertiary alicyclic amines) is 2. The molecule has 2 fully saturated rings. The van der Waals surface area contributed by atoms with Gasteiger partial charge in [0.25, 0.3) is 0 Å². The number of likely N-dealkylation sites (N-methyl/N-ethyl adjacent to an activating group) is 2. The lowest BCUT2D eigenvalue weighted by Gasteiger charge is -2.41. The third kappa shape index (κ3) is 10.3. The first-order valence-electron chi connectivity index (χ1n) is 18.0. The van der Waals surface area contributed by atoms with Crippen molar-refractivity contribution in [3.63, 3.8) is 0 Å². The van der Waals surface area contributed by atoms with Crippen LogP contribution < -0.4 is 5.32 Å². The van der Waals surface area contributed by atoms with Gasteiger partial charge in [0.1, 0.15) is 0 Å². The smallest absolute Gasteiger partial charge is 0.426 e. The molecular weight excluding hydrogens is 631 g/mol. The molecule has 49 heavy (non-hydrogen) atoms. The summed E-state index contributed by atoms with van der Waals surface area (Å²) in [7, 11) is 4.73. The molecule has 14 heteroatoms. The van der Waals surface area contributed by atoms with Gasteiger partial charge in [-0.05, 0) is 37.6 Å². The molecule has 0 bridgehead atoms. The Morgan fingerprint density at radius 3 is 2.12 bits per heavy atom. The second-order valence-corrected chi connectivity index (χ2v) is 14.8. The molecule has 0 radical (unpaired) electrons. The van der Waals surface area contributed by atoms with Crippen molar-refractivity contribution >= 4 is 36.4 Å². The number of Topliss-reactive ketones (excluding diaryl/α,β-unsaturated/α-hetero) is 2. The van der Waals surface area contributed by atoms with Gasteiger partial charge >= 0.3 is 7.12 Å². The van der Waals surface area contributed by atoms with Crippen LogP contribution in [0.15, 0.2) is 0 Å². The van der Waals surface area contributed by atoms with Crippen molar-refractivity contribution in [2.75, 3.05) is 41.4 Å². The number of ether oxygens (including phenoxy) is 2. The Balaban J connectivity index is 2.33. The first kappa shape index (κ1) is 42.8. The predicted molar refractivity (Wildman–Crippen MR) is 187 cm³/mol. The molecule has 2 aliphatic heterocycles. The van der Waals surface area contributed by atoms with Crippen LogP contribution in [0.5, 0.6) is 0 Å². The average molecular weight is 695 g/mol. The zero-order valence-electron chi connectivity index (χ0n) is 31.7. The van der Waals surface area contributed by atoms with Gasteiger partial charge in [-0.25, -0.2) is 0 Å². The minimum absolute atomic E-state index is 0.0190. The van der Waals surface area contributed by atoms with Crippen LogP contribution in [0.3, 0.4) is 0 Å². The van der Waals surface area contributed by atoms with Gasteiger partial charge in [-0.15, -0.1) is 0 Å². The Kier molecular flexibility index (Phi) is 16.8. The summed E-state index contributed by atoms with van der Waals surface area (Å²) >= 11 is 0. The van der Waals surface area contributed by atoms with Crippen LogP contribution in [0.1, 0.15) is 87.0 Å². The van der Waals surface area contributed by atoms with Gasteiger partial charge in [0.15, 0.2) is 11.6 Å². The second kappa shape index (κ2) is 19.3. The van der Waals surface area contributed by atoms with E-state index in [1.165, 1.54) is 24.0 Å². The Morgan fingerprint density at radius 1 is 1.00 bits per heavy atom. The van der Waals surface area contributed by atoms with Crippen LogP contribution in [0.25, 0.3) is 0 Å².